The van der Waals surface area contributed by atoms with Crippen molar-refractivity contribution in [3.05, 3.63) is 53.1 Å². The molecule has 0 bridgehead atoms. The molecule has 0 aliphatic rings. The third-order valence-electron chi connectivity index (χ3n) is 3.98. The molecule has 1 atom stereocenters. The van der Waals surface area contributed by atoms with Gasteiger partial charge in [-0.1, -0.05) is 31.5 Å². The third-order valence-corrected chi connectivity index (χ3v) is 4.39. The fourth-order valence-electron chi connectivity index (χ4n) is 2.24. The normalized spacial score (nSPS) is 11.8. The van der Waals surface area contributed by atoms with Gasteiger partial charge in [0.25, 0.3) is 0 Å². The molecule has 3 N–H and O–H groups in total. The summed E-state index contributed by atoms with van der Waals surface area (Å²) in [5.74, 6) is -0.269. The van der Waals surface area contributed by atoms with E-state index in [2.05, 4.69) is 16.0 Å². The number of carbonyl (C=O) groups is 2. The number of carbonyl (C=O) groups excluding carboxylic acids is 2. The number of halogens is 1. The van der Waals surface area contributed by atoms with E-state index in [9.17, 15) is 9.59 Å². The maximum atomic E-state index is 12.4. The van der Waals surface area contributed by atoms with E-state index in [-0.39, 0.29) is 17.7 Å². The van der Waals surface area contributed by atoms with Crippen LogP contribution >= 0.6 is 11.6 Å². The van der Waals surface area contributed by atoms with Crippen LogP contribution < -0.4 is 16.0 Å². The molecule has 0 heterocycles. The topological polar surface area (TPSA) is 70.2 Å². The first-order valence-corrected chi connectivity index (χ1v) is 8.89. The lowest BCUT2D eigenvalue weighted by molar-refractivity contribution is -0.119. The van der Waals surface area contributed by atoms with Crippen molar-refractivity contribution in [3.63, 3.8) is 0 Å². The predicted molar refractivity (Wildman–Crippen MR) is 108 cm³/mol. The van der Waals surface area contributed by atoms with Crippen molar-refractivity contribution in [3.8, 4) is 0 Å². The molecule has 138 valence electrons. The van der Waals surface area contributed by atoms with Crippen LogP contribution in [0, 0.1) is 12.8 Å². The van der Waals surface area contributed by atoms with Crippen molar-refractivity contribution < 1.29 is 9.59 Å². The van der Waals surface area contributed by atoms with Gasteiger partial charge < -0.3 is 16.0 Å². The molecule has 2 aromatic carbocycles. The summed E-state index contributed by atoms with van der Waals surface area (Å²) in [4.78, 5) is 24.1. The minimum atomic E-state index is -0.440. The lowest BCUT2D eigenvalue weighted by Crippen LogP contribution is -2.32. The van der Waals surface area contributed by atoms with Gasteiger partial charge in [0, 0.05) is 28.0 Å². The highest BCUT2D eigenvalue weighted by Gasteiger charge is 2.14. The highest BCUT2D eigenvalue weighted by molar-refractivity contribution is 6.31. The Morgan fingerprint density at radius 3 is 2.12 bits per heavy atom. The van der Waals surface area contributed by atoms with Crippen LogP contribution in [-0.2, 0) is 9.59 Å². The largest absolute Gasteiger partial charge is 0.374 e. The van der Waals surface area contributed by atoms with Gasteiger partial charge in [0.05, 0.1) is 0 Å². The Kier molecular flexibility index (Phi) is 6.64. The van der Waals surface area contributed by atoms with E-state index in [0.29, 0.717) is 10.7 Å². The Labute approximate surface area is 159 Å². The van der Waals surface area contributed by atoms with Gasteiger partial charge in [-0.3, -0.25) is 9.59 Å². The Bertz CT molecular complexity index is 788. The average Bonchev–Trinajstić information content (AvgIpc) is 2.60. The molecule has 2 rings (SSSR count). The van der Waals surface area contributed by atoms with Crippen LogP contribution in [0.2, 0.25) is 5.02 Å². The summed E-state index contributed by atoms with van der Waals surface area (Å²) in [6.07, 6.45) is 0. The summed E-state index contributed by atoms with van der Waals surface area (Å²) < 4.78 is 0. The van der Waals surface area contributed by atoms with Crippen LogP contribution in [0.25, 0.3) is 0 Å². The first-order valence-electron chi connectivity index (χ1n) is 8.51. The van der Waals surface area contributed by atoms with Crippen molar-refractivity contribution in [1.29, 1.82) is 0 Å². The lowest BCUT2D eigenvalue weighted by atomic mass is 10.2. The number of rotatable bonds is 6. The van der Waals surface area contributed by atoms with Crippen molar-refractivity contribution in [2.24, 2.45) is 5.92 Å². The van der Waals surface area contributed by atoms with Crippen LogP contribution in [0.15, 0.2) is 42.5 Å². The summed E-state index contributed by atoms with van der Waals surface area (Å²) in [6.45, 7) is 7.32. The lowest BCUT2D eigenvalue weighted by Gasteiger charge is -2.17. The molecule has 6 heteroatoms. The quantitative estimate of drug-likeness (QED) is 0.688. The van der Waals surface area contributed by atoms with Gasteiger partial charge in [-0.2, -0.15) is 0 Å². The SMILES string of the molecule is Cc1c(Cl)cccc1NC(=O)C(C)Nc1ccc(NC(=O)C(C)C)cc1. The van der Waals surface area contributed by atoms with Gasteiger partial charge in [0.2, 0.25) is 11.8 Å². The molecule has 0 aliphatic heterocycles. The number of hydrogen-bond donors (Lipinski definition) is 3. The Hall–Kier alpha value is -2.53. The first kappa shape index (κ1) is 19.8. The van der Waals surface area contributed by atoms with Crippen molar-refractivity contribution >= 4 is 40.5 Å². The molecular weight excluding hydrogens is 350 g/mol. The second kappa shape index (κ2) is 8.72. The predicted octanol–water partition coefficient (Wildman–Crippen LogP) is 4.68. The number of benzene rings is 2. The van der Waals surface area contributed by atoms with Crippen molar-refractivity contribution in [2.75, 3.05) is 16.0 Å². The van der Waals surface area contributed by atoms with Crippen LogP contribution in [0.3, 0.4) is 0 Å². The fourth-order valence-corrected chi connectivity index (χ4v) is 2.41. The van der Waals surface area contributed by atoms with Gasteiger partial charge in [-0.25, -0.2) is 0 Å². The Balaban J connectivity index is 1.96. The smallest absolute Gasteiger partial charge is 0.246 e. The van der Waals surface area contributed by atoms with Crippen LogP contribution in [0.1, 0.15) is 26.3 Å². The van der Waals surface area contributed by atoms with Crippen molar-refractivity contribution in [1.82, 2.24) is 0 Å². The Morgan fingerprint density at radius 1 is 0.885 bits per heavy atom. The van der Waals surface area contributed by atoms with Crippen LogP contribution in [0.5, 0.6) is 0 Å². The zero-order chi connectivity index (χ0) is 19.3. The summed E-state index contributed by atoms with van der Waals surface area (Å²) >= 11 is 6.08. The monoisotopic (exact) mass is 373 g/mol. The van der Waals surface area contributed by atoms with E-state index in [1.54, 1.807) is 31.2 Å². The molecule has 2 amide bonds. The molecule has 26 heavy (non-hydrogen) atoms. The van der Waals surface area contributed by atoms with E-state index in [0.717, 1.165) is 16.9 Å². The molecule has 0 fully saturated rings. The second-order valence-corrected chi connectivity index (χ2v) is 6.90. The fraction of sp³-hybridized carbons (Fsp3) is 0.300. The molecule has 0 spiro atoms. The maximum Gasteiger partial charge on any atom is 0.246 e. The number of anilines is 3. The highest BCUT2D eigenvalue weighted by Crippen LogP contribution is 2.23. The van der Waals surface area contributed by atoms with Crippen LogP contribution in [0.4, 0.5) is 17.1 Å². The van der Waals surface area contributed by atoms with Gasteiger partial charge in [-0.05, 0) is 55.8 Å². The number of amides is 2. The summed E-state index contributed by atoms with van der Waals surface area (Å²) in [5.41, 5.74) is 3.04. The van der Waals surface area contributed by atoms with Gasteiger partial charge in [-0.15, -0.1) is 0 Å². The number of nitrogens with one attached hydrogen (secondary N) is 3. The number of hydrogen-bond acceptors (Lipinski definition) is 3. The molecule has 0 aromatic heterocycles. The highest BCUT2D eigenvalue weighted by atomic mass is 35.5. The standard InChI is InChI=1S/C20H24ClN3O2/c1-12(2)19(25)23-16-10-8-15(9-11-16)22-14(4)20(26)24-18-7-5-6-17(21)13(18)3/h5-12,14,22H,1-4H3,(H,23,25)(H,24,26). The average molecular weight is 374 g/mol. The van der Waals surface area contributed by atoms with Gasteiger partial charge in [0.1, 0.15) is 6.04 Å². The molecular formula is C20H24ClN3O2. The summed E-state index contributed by atoms with van der Waals surface area (Å²) in [6, 6.07) is 12.2. The molecule has 5 nitrogen and oxygen atoms in total. The second-order valence-electron chi connectivity index (χ2n) is 6.49. The molecule has 2 aromatic rings. The van der Waals surface area contributed by atoms with Gasteiger partial charge in [0.15, 0.2) is 0 Å². The van der Waals surface area contributed by atoms with Crippen LogP contribution in [-0.4, -0.2) is 17.9 Å². The Morgan fingerprint density at radius 2 is 1.50 bits per heavy atom. The maximum absolute atomic E-state index is 12.4. The van der Waals surface area contributed by atoms with E-state index in [1.165, 1.54) is 0 Å². The van der Waals surface area contributed by atoms with E-state index < -0.39 is 6.04 Å². The van der Waals surface area contributed by atoms with Crippen molar-refractivity contribution in [2.45, 2.75) is 33.7 Å². The molecule has 0 radical (unpaired) electrons. The third kappa shape index (κ3) is 5.23. The molecule has 0 saturated heterocycles. The van der Waals surface area contributed by atoms with E-state index >= 15 is 0 Å². The minimum Gasteiger partial charge on any atom is -0.374 e. The summed E-state index contributed by atoms with van der Waals surface area (Å²) in [7, 11) is 0. The zero-order valence-electron chi connectivity index (χ0n) is 15.4. The molecule has 0 aliphatic carbocycles. The van der Waals surface area contributed by atoms with Gasteiger partial charge >= 0.3 is 0 Å². The first-order chi connectivity index (χ1) is 12.3. The zero-order valence-corrected chi connectivity index (χ0v) is 16.1. The van der Waals surface area contributed by atoms with E-state index in [4.69, 9.17) is 11.6 Å². The summed E-state index contributed by atoms with van der Waals surface area (Å²) in [5, 5.41) is 9.46. The molecule has 1 unspecified atom stereocenters. The van der Waals surface area contributed by atoms with E-state index in [1.807, 2.05) is 39.0 Å². The molecule has 0 saturated carbocycles. The minimum absolute atomic E-state index is 0.0321.